The van der Waals surface area contributed by atoms with Crippen molar-refractivity contribution in [1.82, 2.24) is 9.97 Å². The molecule has 0 fully saturated rings. The van der Waals surface area contributed by atoms with E-state index in [1.54, 1.807) is 11.3 Å². The highest BCUT2D eigenvalue weighted by Gasteiger charge is 2.12. The summed E-state index contributed by atoms with van der Waals surface area (Å²) >= 11 is 1.64. The van der Waals surface area contributed by atoms with Gasteiger partial charge in [0.1, 0.15) is 10.8 Å². The van der Waals surface area contributed by atoms with Crippen LogP contribution in [-0.4, -0.2) is 24.1 Å². The van der Waals surface area contributed by atoms with Crippen LogP contribution in [0.1, 0.15) is 0 Å². The highest BCUT2D eigenvalue weighted by molar-refractivity contribution is 7.21. The molecule has 0 aliphatic heterocycles. The number of para-hydroxylation sites is 1. The highest BCUT2D eigenvalue weighted by Crippen LogP contribution is 2.34. The molecule has 4 rings (SSSR count). The predicted octanol–water partition coefficient (Wildman–Crippen LogP) is 4.16. The maximum Gasteiger partial charge on any atom is 0.134 e. The third kappa shape index (κ3) is 2.39. The number of rotatable bonds is 2. The van der Waals surface area contributed by atoms with Gasteiger partial charge in [0.05, 0.1) is 21.3 Å². The molecule has 0 saturated heterocycles. The number of nitrogen functional groups attached to an aromatic ring is 1. The number of thiazole rings is 1. The molecule has 5 heteroatoms. The molecule has 23 heavy (non-hydrogen) atoms. The maximum absolute atomic E-state index is 6.21. The topological polar surface area (TPSA) is 55.0 Å². The standard InChI is InChI=1S/C18H16N4S/c1-22(2)12-8-7-11-9-13(17(19)20-15(11)10-12)18-21-14-5-3-4-6-16(14)23-18/h3-10H,1-2H3,(H2,19,20). The van der Waals surface area contributed by atoms with Gasteiger partial charge in [-0.05, 0) is 30.3 Å². The highest BCUT2D eigenvalue weighted by atomic mass is 32.1. The molecule has 0 unspecified atom stereocenters. The van der Waals surface area contributed by atoms with Gasteiger partial charge in [-0.3, -0.25) is 0 Å². The van der Waals surface area contributed by atoms with Crippen LogP contribution >= 0.6 is 11.3 Å². The second kappa shape index (κ2) is 5.21. The van der Waals surface area contributed by atoms with Gasteiger partial charge in [-0.1, -0.05) is 18.2 Å². The molecule has 114 valence electrons. The molecule has 0 bridgehead atoms. The molecule has 0 amide bonds. The van der Waals surface area contributed by atoms with E-state index < -0.39 is 0 Å². The third-order valence-electron chi connectivity index (χ3n) is 3.87. The van der Waals surface area contributed by atoms with Gasteiger partial charge >= 0.3 is 0 Å². The molecule has 4 nitrogen and oxygen atoms in total. The number of aromatic nitrogens is 2. The van der Waals surface area contributed by atoms with Gasteiger partial charge in [0.25, 0.3) is 0 Å². The van der Waals surface area contributed by atoms with E-state index in [2.05, 4.69) is 39.1 Å². The molecule has 0 saturated carbocycles. The van der Waals surface area contributed by atoms with Crippen molar-refractivity contribution in [2.45, 2.75) is 0 Å². The summed E-state index contributed by atoms with van der Waals surface area (Å²) in [5.74, 6) is 0.521. The number of fused-ring (bicyclic) bond motifs is 2. The summed E-state index contributed by atoms with van der Waals surface area (Å²) in [6.45, 7) is 0. The lowest BCUT2D eigenvalue weighted by Crippen LogP contribution is -2.08. The van der Waals surface area contributed by atoms with E-state index >= 15 is 0 Å². The zero-order valence-corrected chi connectivity index (χ0v) is 13.8. The summed E-state index contributed by atoms with van der Waals surface area (Å²) < 4.78 is 1.16. The van der Waals surface area contributed by atoms with Gasteiger partial charge in [0.2, 0.25) is 0 Å². The summed E-state index contributed by atoms with van der Waals surface area (Å²) in [6, 6.07) is 16.4. The molecule has 0 aliphatic rings. The number of benzene rings is 2. The molecule has 2 N–H and O–H groups in total. The normalized spacial score (nSPS) is 11.2. The second-order valence-corrected chi connectivity index (χ2v) is 6.71. The van der Waals surface area contributed by atoms with Gasteiger partial charge in [-0.25, -0.2) is 9.97 Å². The van der Waals surface area contributed by atoms with Crippen molar-refractivity contribution in [1.29, 1.82) is 0 Å². The average molecular weight is 320 g/mol. The number of anilines is 2. The molecule has 0 aliphatic carbocycles. The van der Waals surface area contributed by atoms with Crippen molar-refractivity contribution >= 4 is 44.0 Å². The van der Waals surface area contributed by atoms with E-state index in [-0.39, 0.29) is 0 Å². The fourth-order valence-electron chi connectivity index (χ4n) is 2.61. The Kier molecular flexibility index (Phi) is 3.16. The Balaban J connectivity index is 1.89. The van der Waals surface area contributed by atoms with Crippen LogP contribution < -0.4 is 10.6 Å². The van der Waals surface area contributed by atoms with Gasteiger partial charge in [0, 0.05) is 25.2 Å². The molecule has 0 radical (unpaired) electrons. The number of hydrogen-bond acceptors (Lipinski definition) is 5. The Morgan fingerprint density at radius 2 is 1.78 bits per heavy atom. The summed E-state index contributed by atoms with van der Waals surface area (Å²) in [5, 5.41) is 1.98. The smallest absolute Gasteiger partial charge is 0.134 e. The monoisotopic (exact) mass is 320 g/mol. The minimum absolute atomic E-state index is 0.521. The van der Waals surface area contributed by atoms with Crippen LogP contribution in [0.2, 0.25) is 0 Å². The van der Waals surface area contributed by atoms with Crippen LogP contribution in [0.15, 0.2) is 48.5 Å². The predicted molar refractivity (Wildman–Crippen MR) is 99.1 cm³/mol. The van der Waals surface area contributed by atoms with Crippen LogP contribution in [0.4, 0.5) is 11.5 Å². The molecule has 4 aromatic rings. The lowest BCUT2D eigenvalue weighted by molar-refractivity contribution is 1.13. The van der Waals surface area contributed by atoms with Gasteiger partial charge in [0.15, 0.2) is 0 Å². The molecule has 0 atom stereocenters. The van der Waals surface area contributed by atoms with Crippen LogP contribution in [0.5, 0.6) is 0 Å². The van der Waals surface area contributed by atoms with Crippen molar-refractivity contribution in [3.05, 3.63) is 48.5 Å². The quantitative estimate of drug-likeness (QED) is 0.602. The van der Waals surface area contributed by atoms with E-state index in [0.29, 0.717) is 5.82 Å². The summed E-state index contributed by atoms with van der Waals surface area (Å²) in [7, 11) is 4.03. The molecular formula is C18H16N4S. The molecule has 2 aromatic carbocycles. The van der Waals surface area contributed by atoms with E-state index in [1.165, 1.54) is 0 Å². The Morgan fingerprint density at radius 3 is 2.57 bits per heavy atom. The summed E-state index contributed by atoms with van der Waals surface area (Å²) in [4.78, 5) is 11.3. The van der Waals surface area contributed by atoms with Crippen LogP contribution in [0.3, 0.4) is 0 Å². The molecule has 0 spiro atoms. The van der Waals surface area contributed by atoms with Crippen LogP contribution in [0, 0.1) is 0 Å². The van der Waals surface area contributed by atoms with Crippen molar-refractivity contribution in [3.8, 4) is 10.6 Å². The fourth-order valence-corrected chi connectivity index (χ4v) is 3.60. The van der Waals surface area contributed by atoms with Gasteiger partial charge in [-0.15, -0.1) is 11.3 Å². The lowest BCUT2D eigenvalue weighted by atomic mass is 10.1. The molecular weight excluding hydrogens is 304 g/mol. The zero-order chi connectivity index (χ0) is 16.0. The largest absolute Gasteiger partial charge is 0.383 e. The second-order valence-electron chi connectivity index (χ2n) is 5.68. The first kappa shape index (κ1) is 14.0. The SMILES string of the molecule is CN(C)c1ccc2cc(-c3nc4ccccc4s3)c(N)nc2c1. The first-order valence-electron chi connectivity index (χ1n) is 7.35. The molecule has 2 heterocycles. The maximum atomic E-state index is 6.21. The van der Waals surface area contributed by atoms with Gasteiger partial charge in [-0.2, -0.15) is 0 Å². The van der Waals surface area contributed by atoms with Crippen LogP contribution in [0.25, 0.3) is 31.7 Å². The van der Waals surface area contributed by atoms with Crippen molar-refractivity contribution in [3.63, 3.8) is 0 Å². The minimum atomic E-state index is 0.521. The zero-order valence-electron chi connectivity index (χ0n) is 12.9. The Hall–Kier alpha value is -2.66. The Bertz CT molecular complexity index is 987. The minimum Gasteiger partial charge on any atom is -0.383 e. The average Bonchev–Trinajstić information content (AvgIpc) is 2.97. The fraction of sp³-hybridized carbons (Fsp3) is 0.111. The number of pyridine rings is 1. The van der Waals surface area contributed by atoms with Gasteiger partial charge < -0.3 is 10.6 Å². The number of nitrogens with two attached hydrogens (primary N) is 1. The van der Waals surface area contributed by atoms with Crippen molar-refractivity contribution in [2.24, 2.45) is 0 Å². The summed E-state index contributed by atoms with van der Waals surface area (Å²) in [5.41, 5.74) is 10.1. The van der Waals surface area contributed by atoms with E-state index in [9.17, 15) is 0 Å². The first-order valence-corrected chi connectivity index (χ1v) is 8.17. The lowest BCUT2D eigenvalue weighted by Gasteiger charge is -2.13. The van der Waals surface area contributed by atoms with Crippen molar-refractivity contribution < 1.29 is 0 Å². The third-order valence-corrected chi connectivity index (χ3v) is 4.94. The first-order chi connectivity index (χ1) is 11.1. The van der Waals surface area contributed by atoms with E-state index in [4.69, 9.17) is 5.73 Å². The van der Waals surface area contributed by atoms with Crippen LogP contribution in [-0.2, 0) is 0 Å². The Labute approximate surface area is 138 Å². The van der Waals surface area contributed by atoms with E-state index in [0.717, 1.165) is 37.4 Å². The van der Waals surface area contributed by atoms with Crippen molar-refractivity contribution in [2.75, 3.05) is 24.7 Å². The molecule has 2 aromatic heterocycles. The summed E-state index contributed by atoms with van der Waals surface area (Å²) in [6.07, 6.45) is 0. The van der Waals surface area contributed by atoms with E-state index in [1.807, 2.05) is 38.4 Å². The number of nitrogens with zero attached hydrogens (tertiary/aromatic N) is 3. The Morgan fingerprint density at radius 1 is 0.957 bits per heavy atom. The number of hydrogen-bond donors (Lipinski definition) is 1.